The highest BCUT2D eigenvalue weighted by Crippen LogP contribution is 2.18. The summed E-state index contributed by atoms with van der Waals surface area (Å²) in [5, 5.41) is 4.73. The zero-order chi connectivity index (χ0) is 16.4. The standard InChI is InChI=1S/C16H21ClN4O/c1-10(2)21(9-13-11(3)19-20(5)12(13)4)16(22)14-7-6-8-15(17)18-14/h6-8,10H,9H2,1-5H3. The molecule has 0 atom stereocenters. The van der Waals surface area contributed by atoms with Crippen molar-refractivity contribution in [3.63, 3.8) is 0 Å². The molecule has 0 bridgehead atoms. The lowest BCUT2D eigenvalue weighted by Gasteiger charge is -2.26. The van der Waals surface area contributed by atoms with E-state index in [2.05, 4.69) is 10.1 Å². The van der Waals surface area contributed by atoms with Crippen LogP contribution in [0.3, 0.4) is 0 Å². The third-order valence-electron chi connectivity index (χ3n) is 3.81. The maximum absolute atomic E-state index is 12.7. The molecule has 6 heteroatoms. The van der Waals surface area contributed by atoms with E-state index in [1.807, 2.05) is 39.4 Å². The molecule has 0 N–H and O–H groups in total. The molecule has 2 aromatic heterocycles. The zero-order valence-corrected chi connectivity index (χ0v) is 14.3. The van der Waals surface area contributed by atoms with Crippen molar-refractivity contribution >= 4 is 17.5 Å². The van der Waals surface area contributed by atoms with Crippen molar-refractivity contribution in [2.45, 2.75) is 40.3 Å². The van der Waals surface area contributed by atoms with E-state index in [1.54, 1.807) is 23.1 Å². The van der Waals surface area contributed by atoms with Gasteiger partial charge in [-0.2, -0.15) is 5.10 Å². The number of halogens is 1. The molecule has 1 amide bonds. The molecule has 0 fully saturated rings. The molecular weight excluding hydrogens is 300 g/mol. The Bertz CT molecular complexity index is 693. The molecule has 2 rings (SSSR count). The van der Waals surface area contributed by atoms with Gasteiger partial charge in [-0.05, 0) is 39.8 Å². The maximum Gasteiger partial charge on any atom is 0.273 e. The van der Waals surface area contributed by atoms with Gasteiger partial charge in [0.15, 0.2) is 0 Å². The van der Waals surface area contributed by atoms with Gasteiger partial charge in [0.1, 0.15) is 10.8 Å². The summed E-state index contributed by atoms with van der Waals surface area (Å²) in [5.41, 5.74) is 3.44. The van der Waals surface area contributed by atoms with Crippen LogP contribution < -0.4 is 0 Å². The SMILES string of the molecule is Cc1nn(C)c(C)c1CN(C(=O)c1cccc(Cl)n1)C(C)C. The van der Waals surface area contributed by atoms with Gasteiger partial charge in [0.25, 0.3) is 5.91 Å². The summed E-state index contributed by atoms with van der Waals surface area (Å²) in [4.78, 5) is 18.7. The van der Waals surface area contributed by atoms with Crippen LogP contribution >= 0.6 is 11.6 Å². The fourth-order valence-corrected chi connectivity index (χ4v) is 2.54. The topological polar surface area (TPSA) is 51.0 Å². The second kappa shape index (κ2) is 6.48. The number of aromatic nitrogens is 3. The van der Waals surface area contributed by atoms with Gasteiger partial charge in [-0.25, -0.2) is 4.98 Å². The van der Waals surface area contributed by atoms with E-state index >= 15 is 0 Å². The first-order chi connectivity index (χ1) is 10.3. The van der Waals surface area contributed by atoms with Crippen LogP contribution in [0.15, 0.2) is 18.2 Å². The normalized spacial score (nSPS) is 11.0. The highest BCUT2D eigenvalue weighted by Gasteiger charge is 2.23. The minimum atomic E-state index is -0.125. The summed E-state index contributed by atoms with van der Waals surface area (Å²) in [6.45, 7) is 8.46. The highest BCUT2D eigenvalue weighted by atomic mass is 35.5. The third-order valence-corrected chi connectivity index (χ3v) is 4.02. The Balaban J connectivity index is 2.33. The lowest BCUT2D eigenvalue weighted by Crippen LogP contribution is -2.37. The Kier molecular flexibility index (Phi) is 4.86. The summed E-state index contributed by atoms with van der Waals surface area (Å²) < 4.78 is 1.84. The van der Waals surface area contributed by atoms with Crippen molar-refractivity contribution in [1.29, 1.82) is 0 Å². The van der Waals surface area contributed by atoms with Crippen molar-refractivity contribution in [1.82, 2.24) is 19.7 Å². The molecule has 0 saturated heterocycles. The second-order valence-corrected chi connectivity index (χ2v) is 6.03. The molecule has 0 aliphatic rings. The molecule has 22 heavy (non-hydrogen) atoms. The van der Waals surface area contributed by atoms with Gasteiger partial charge < -0.3 is 4.90 Å². The number of hydrogen-bond acceptors (Lipinski definition) is 3. The number of hydrogen-bond donors (Lipinski definition) is 0. The number of rotatable bonds is 4. The highest BCUT2D eigenvalue weighted by molar-refractivity contribution is 6.29. The molecule has 5 nitrogen and oxygen atoms in total. The molecule has 0 saturated carbocycles. The fourth-order valence-electron chi connectivity index (χ4n) is 2.38. The molecule has 0 aromatic carbocycles. The average molecular weight is 321 g/mol. The Morgan fingerprint density at radius 3 is 2.55 bits per heavy atom. The smallest absolute Gasteiger partial charge is 0.273 e. The minimum Gasteiger partial charge on any atom is -0.330 e. The predicted octanol–water partition coefficient (Wildman–Crippen LogP) is 3.14. The molecule has 0 unspecified atom stereocenters. The van der Waals surface area contributed by atoms with E-state index in [9.17, 15) is 4.79 Å². The van der Waals surface area contributed by atoms with Crippen molar-refractivity contribution in [2.75, 3.05) is 0 Å². The Morgan fingerprint density at radius 2 is 2.05 bits per heavy atom. The van der Waals surface area contributed by atoms with Crippen molar-refractivity contribution in [2.24, 2.45) is 7.05 Å². The molecule has 0 spiro atoms. The van der Waals surface area contributed by atoms with Crippen LogP contribution in [-0.2, 0) is 13.6 Å². The summed E-state index contributed by atoms with van der Waals surface area (Å²) in [6, 6.07) is 5.13. The summed E-state index contributed by atoms with van der Waals surface area (Å²) in [6.07, 6.45) is 0. The van der Waals surface area contributed by atoms with Crippen LogP contribution in [0.25, 0.3) is 0 Å². The predicted molar refractivity (Wildman–Crippen MR) is 86.9 cm³/mol. The quantitative estimate of drug-likeness (QED) is 0.813. The van der Waals surface area contributed by atoms with Crippen LogP contribution in [0, 0.1) is 13.8 Å². The van der Waals surface area contributed by atoms with Crippen molar-refractivity contribution in [3.05, 3.63) is 46.0 Å². The van der Waals surface area contributed by atoms with Gasteiger partial charge in [-0.15, -0.1) is 0 Å². The number of carbonyl (C=O) groups excluding carboxylic acids is 1. The average Bonchev–Trinajstić information content (AvgIpc) is 2.69. The largest absolute Gasteiger partial charge is 0.330 e. The van der Waals surface area contributed by atoms with E-state index in [0.29, 0.717) is 17.4 Å². The third kappa shape index (κ3) is 3.30. The van der Waals surface area contributed by atoms with E-state index in [1.165, 1.54) is 0 Å². The summed E-state index contributed by atoms with van der Waals surface area (Å²) in [5.74, 6) is -0.125. The lowest BCUT2D eigenvalue weighted by molar-refractivity contribution is 0.0683. The van der Waals surface area contributed by atoms with Gasteiger partial charge in [-0.3, -0.25) is 9.48 Å². The molecule has 118 valence electrons. The van der Waals surface area contributed by atoms with Crippen molar-refractivity contribution in [3.8, 4) is 0 Å². The zero-order valence-electron chi connectivity index (χ0n) is 13.6. The molecule has 0 aliphatic heterocycles. The first kappa shape index (κ1) is 16.5. The minimum absolute atomic E-state index is 0.0484. The Hall–Kier alpha value is -1.88. The van der Waals surface area contributed by atoms with Gasteiger partial charge in [0, 0.05) is 30.9 Å². The molecule has 2 heterocycles. The monoisotopic (exact) mass is 320 g/mol. The lowest BCUT2D eigenvalue weighted by atomic mass is 10.1. The van der Waals surface area contributed by atoms with Crippen molar-refractivity contribution < 1.29 is 4.79 Å². The van der Waals surface area contributed by atoms with Gasteiger partial charge in [0.2, 0.25) is 0 Å². The Labute approximate surface area is 135 Å². The first-order valence-electron chi connectivity index (χ1n) is 7.24. The molecule has 0 radical (unpaired) electrons. The van der Waals surface area contributed by atoms with E-state index < -0.39 is 0 Å². The van der Waals surface area contributed by atoms with E-state index in [-0.39, 0.29) is 11.9 Å². The van der Waals surface area contributed by atoms with E-state index in [0.717, 1.165) is 17.0 Å². The summed E-state index contributed by atoms with van der Waals surface area (Å²) in [7, 11) is 1.91. The number of pyridine rings is 1. The van der Waals surface area contributed by atoms with Crippen LogP contribution in [0.5, 0.6) is 0 Å². The van der Waals surface area contributed by atoms with Gasteiger partial charge in [0.05, 0.1) is 5.69 Å². The van der Waals surface area contributed by atoms with Crippen LogP contribution in [0.2, 0.25) is 5.15 Å². The van der Waals surface area contributed by atoms with Crippen LogP contribution in [0.4, 0.5) is 0 Å². The summed E-state index contributed by atoms with van der Waals surface area (Å²) >= 11 is 5.89. The van der Waals surface area contributed by atoms with Gasteiger partial charge in [-0.1, -0.05) is 17.7 Å². The first-order valence-corrected chi connectivity index (χ1v) is 7.61. The number of carbonyl (C=O) groups is 1. The second-order valence-electron chi connectivity index (χ2n) is 5.65. The van der Waals surface area contributed by atoms with Gasteiger partial charge >= 0.3 is 0 Å². The molecule has 0 aliphatic carbocycles. The van der Waals surface area contributed by atoms with Crippen LogP contribution in [0.1, 0.15) is 41.3 Å². The van der Waals surface area contributed by atoms with E-state index in [4.69, 9.17) is 11.6 Å². The Morgan fingerprint density at radius 1 is 1.36 bits per heavy atom. The number of amides is 1. The number of nitrogens with zero attached hydrogens (tertiary/aromatic N) is 4. The molecule has 2 aromatic rings. The fraction of sp³-hybridized carbons (Fsp3) is 0.438. The number of aryl methyl sites for hydroxylation is 2. The molecular formula is C16H21ClN4O. The maximum atomic E-state index is 12.7. The van der Waals surface area contributed by atoms with Crippen LogP contribution in [-0.4, -0.2) is 31.6 Å².